The molecule has 0 aliphatic rings. The molecule has 0 unspecified atom stereocenters. The number of carbonyl (C=O) groups is 1. The van der Waals surface area contributed by atoms with Gasteiger partial charge >= 0.3 is 0 Å². The fraction of sp³-hybridized carbons (Fsp3) is 0.364. The molecule has 16 heavy (non-hydrogen) atoms. The van der Waals surface area contributed by atoms with Crippen LogP contribution in [0.3, 0.4) is 0 Å². The number of hydrogen-bond donors (Lipinski definition) is 2. The van der Waals surface area contributed by atoms with Gasteiger partial charge in [-0.05, 0) is 36.6 Å². The van der Waals surface area contributed by atoms with Crippen molar-refractivity contribution in [3.63, 3.8) is 0 Å². The molecule has 0 atom stereocenters. The topological polar surface area (TPSA) is 55.1 Å². The van der Waals surface area contributed by atoms with Crippen molar-refractivity contribution in [2.24, 2.45) is 0 Å². The average Bonchev–Trinajstić information content (AvgIpc) is 2.24. The zero-order chi connectivity index (χ0) is 12.0. The molecule has 0 heterocycles. The van der Waals surface area contributed by atoms with E-state index in [0.29, 0.717) is 17.8 Å². The summed E-state index contributed by atoms with van der Waals surface area (Å²) in [7, 11) is 0. The summed E-state index contributed by atoms with van der Waals surface area (Å²) in [5.41, 5.74) is 6.79. The largest absolute Gasteiger partial charge is 0.398 e. The predicted molar refractivity (Wildman–Crippen MR) is 73.9 cm³/mol. The van der Waals surface area contributed by atoms with Crippen molar-refractivity contribution in [3.8, 4) is 0 Å². The van der Waals surface area contributed by atoms with Crippen molar-refractivity contribution in [1.82, 2.24) is 5.32 Å². The molecule has 1 rings (SSSR count). The normalized spacial score (nSPS) is 10.1. The molecule has 3 N–H and O–H groups in total. The van der Waals surface area contributed by atoms with E-state index in [1.807, 2.05) is 6.07 Å². The maximum absolute atomic E-state index is 11.7. The minimum atomic E-state index is -0.105. The van der Waals surface area contributed by atoms with Crippen LogP contribution in [0.2, 0.25) is 0 Å². The van der Waals surface area contributed by atoms with Crippen LogP contribution in [-0.2, 0) is 0 Å². The summed E-state index contributed by atoms with van der Waals surface area (Å²) in [6, 6.07) is 5.27. The second-order valence-electron chi connectivity index (χ2n) is 3.33. The molecule has 0 aromatic heterocycles. The molecule has 0 saturated carbocycles. The highest BCUT2D eigenvalue weighted by Crippen LogP contribution is 2.18. The Morgan fingerprint density at radius 2 is 2.31 bits per heavy atom. The van der Waals surface area contributed by atoms with Crippen molar-refractivity contribution in [1.29, 1.82) is 0 Å². The highest BCUT2D eigenvalue weighted by atomic mass is 79.9. The number of nitrogens with two attached hydrogens (primary N) is 1. The molecule has 1 aromatic rings. The Balaban J connectivity index is 2.53. The van der Waals surface area contributed by atoms with Gasteiger partial charge in [-0.3, -0.25) is 4.79 Å². The second kappa shape index (κ2) is 6.81. The number of carbonyl (C=O) groups excluding carboxylic acids is 1. The summed E-state index contributed by atoms with van der Waals surface area (Å²) in [6.45, 7) is 0.690. The van der Waals surface area contributed by atoms with Gasteiger partial charge in [-0.15, -0.1) is 0 Å². The van der Waals surface area contributed by atoms with Gasteiger partial charge in [0.15, 0.2) is 0 Å². The summed E-state index contributed by atoms with van der Waals surface area (Å²) in [6.07, 6.45) is 3.03. The van der Waals surface area contributed by atoms with Crippen LogP contribution in [0.4, 0.5) is 5.69 Å². The van der Waals surface area contributed by atoms with Crippen LogP contribution >= 0.6 is 27.7 Å². The first-order valence-corrected chi connectivity index (χ1v) is 7.16. The van der Waals surface area contributed by atoms with E-state index in [0.717, 1.165) is 16.6 Å². The molecule has 0 aliphatic carbocycles. The van der Waals surface area contributed by atoms with Crippen molar-refractivity contribution in [3.05, 3.63) is 28.2 Å². The Kier molecular flexibility index (Phi) is 5.69. The molecule has 1 amide bonds. The van der Waals surface area contributed by atoms with Gasteiger partial charge in [0.25, 0.3) is 5.91 Å². The standard InChI is InChI=1S/C11H15BrN2OS/c1-16-6-2-5-14-11(15)9-4-3-8(12)7-10(9)13/h3-4,7H,2,5-6,13H2,1H3,(H,14,15). The fourth-order valence-electron chi connectivity index (χ4n) is 1.25. The highest BCUT2D eigenvalue weighted by Gasteiger charge is 2.08. The number of amides is 1. The van der Waals surface area contributed by atoms with Gasteiger partial charge < -0.3 is 11.1 Å². The van der Waals surface area contributed by atoms with Gasteiger partial charge in [0, 0.05) is 16.7 Å². The van der Waals surface area contributed by atoms with Gasteiger partial charge in [-0.25, -0.2) is 0 Å². The molecular formula is C11H15BrN2OS. The second-order valence-corrected chi connectivity index (χ2v) is 5.24. The lowest BCUT2D eigenvalue weighted by Crippen LogP contribution is -2.25. The number of rotatable bonds is 5. The van der Waals surface area contributed by atoms with Gasteiger partial charge in [-0.1, -0.05) is 15.9 Å². The van der Waals surface area contributed by atoms with Crippen LogP contribution in [-0.4, -0.2) is 24.5 Å². The molecule has 1 aromatic carbocycles. The lowest BCUT2D eigenvalue weighted by atomic mass is 10.1. The lowest BCUT2D eigenvalue weighted by molar-refractivity contribution is 0.0954. The number of hydrogen-bond acceptors (Lipinski definition) is 3. The Hall–Kier alpha value is -0.680. The molecule has 0 aliphatic heterocycles. The first-order chi connectivity index (χ1) is 7.65. The van der Waals surface area contributed by atoms with Crippen molar-refractivity contribution < 1.29 is 4.79 Å². The van der Waals surface area contributed by atoms with E-state index in [1.165, 1.54) is 0 Å². The highest BCUT2D eigenvalue weighted by molar-refractivity contribution is 9.10. The third-order valence-corrected chi connectivity index (χ3v) is 3.26. The molecule has 0 spiro atoms. The molecule has 0 bridgehead atoms. The number of thioether (sulfide) groups is 1. The zero-order valence-electron chi connectivity index (χ0n) is 9.13. The maximum atomic E-state index is 11.7. The number of nitrogen functional groups attached to an aromatic ring is 1. The van der Waals surface area contributed by atoms with Crippen LogP contribution in [0.25, 0.3) is 0 Å². The Labute approximate surface area is 108 Å². The molecular weight excluding hydrogens is 288 g/mol. The Morgan fingerprint density at radius 3 is 2.94 bits per heavy atom. The van der Waals surface area contributed by atoms with Crippen LogP contribution in [0.5, 0.6) is 0 Å². The average molecular weight is 303 g/mol. The van der Waals surface area contributed by atoms with Gasteiger partial charge in [-0.2, -0.15) is 11.8 Å². The van der Waals surface area contributed by atoms with Crippen molar-refractivity contribution in [2.45, 2.75) is 6.42 Å². The van der Waals surface area contributed by atoms with E-state index in [9.17, 15) is 4.79 Å². The SMILES string of the molecule is CSCCCNC(=O)c1ccc(Br)cc1N. The summed E-state index contributed by atoms with van der Waals surface area (Å²) in [5.74, 6) is 0.946. The monoisotopic (exact) mass is 302 g/mol. The van der Waals surface area contributed by atoms with E-state index in [-0.39, 0.29) is 5.91 Å². The molecule has 0 fully saturated rings. The maximum Gasteiger partial charge on any atom is 0.253 e. The summed E-state index contributed by atoms with van der Waals surface area (Å²) in [5, 5.41) is 2.85. The van der Waals surface area contributed by atoms with Gasteiger partial charge in [0.1, 0.15) is 0 Å². The van der Waals surface area contributed by atoms with E-state index >= 15 is 0 Å². The van der Waals surface area contributed by atoms with Crippen LogP contribution < -0.4 is 11.1 Å². The fourth-order valence-corrected chi connectivity index (χ4v) is 2.07. The third-order valence-electron chi connectivity index (χ3n) is 2.07. The predicted octanol–water partition coefficient (Wildman–Crippen LogP) is 2.51. The summed E-state index contributed by atoms with van der Waals surface area (Å²) < 4.78 is 0.879. The zero-order valence-corrected chi connectivity index (χ0v) is 11.5. The first kappa shape index (κ1) is 13.4. The molecule has 0 saturated heterocycles. The van der Waals surface area contributed by atoms with Crippen LogP contribution in [0, 0.1) is 0 Å². The lowest BCUT2D eigenvalue weighted by Gasteiger charge is -2.07. The molecule has 88 valence electrons. The van der Waals surface area contributed by atoms with Gasteiger partial charge in [0.05, 0.1) is 5.56 Å². The van der Waals surface area contributed by atoms with E-state index in [2.05, 4.69) is 27.5 Å². The van der Waals surface area contributed by atoms with E-state index < -0.39 is 0 Å². The van der Waals surface area contributed by atoms with E-state index in [1.54, 1.807) is 23.9 Å². The number of anilines is 1. The number of halogens is 1. The Morgan fingerprint density at radius 1 is 1.56 bits per heavy atom. The number of benzene rings is 1. The molecule has 5 heteroatoms. The smallest absolute Gasteiger partial charge is 0.253 e. The van der Waals surface area contributed by atoms with Crippen molar-refractivity contribution in [2.75, 3.05) is 24.3 Å². The molecule has 3 nitrogen and oxygen atoms in total. The van der Waals surface area contributed by atoms with Crippen LogP contribution in [0.15, 0.2) is 22.7 Å². The molecule has 0 radical (unpaired) electrons. The van der Waals surface area contributed by atoms with Gasteiger partial charge in [0.2, 0.25) is 0 Å². The summed E-state index contributed by atoms with van der Waals surface area (Å²) in [4.78, 5) is 11.7. The van der Waals surface area contributed by atoms with E-state index in [4.69, 9.17) is 5.73 Å². The minimum absolute atomic E-state index is 0.105. The minimum Gasteiger partial charge on any atom is -0.398 e. The third kappa shape index (κ3) is 4.06. The number of nitrogens with one attached hydrogen (secondary N) is 1. The van der Waals surface area contributed by atoms with Crippen molar-refractivity contribution >= 4 is 39.3 Å². The summed E-state index contributed by atoms with van der Waals surface area (Å²) >= 11 is 5.08. The Bertz CT molecular complexity index is 371. The van der Waals surface area contributed by atoms with Crippen LogP contribution in [0.1, 0.15) is 16.8 Å². The quantitative estimate of drug-likeness (QED) is 0.649. The first-order valence-electron chi connectivity index (χ1n) is 4.97.